The molecule has 2 nitrogen and oxygen atoms in total. The van der Waals surface area contributed by atoms with E-state index in [0.717, 1.165) is 32.1 Å². The first-order chi connectivity index (χ1) is 5.69. The monoisotopic (exact) mass is 189 g/mol. The number of rotatable bonds is 5. The summed E-state index contributed by atoms with van der Waals surface area (Å²) in [5.41, 5.74) is 0. The molecule has 0 aromatic rings. The maximum atomic E-state index is 11.1. The first-order valence-corrected chi connectivity index (χ1v) is 4.72. The maximum absolute atomic E-state index is 11.1. The van der Waals surface area contributed by atoms with Crippen LogP contribution in [0.5, 0.6) is 0 Å². The summed E-state index contributed by atoms with van der Waals surface area (Å²) in [7, 11) is 0. The molecule has 0 aliphatic heterocycles. The van der Waals surface area contributed by atoms with Crippen LogP contribution in [-0.4, -0.2) is 17.5 Å². The van der Waals surface area contributed by atoms with Gasteiger partial charge in [-0.15, -0.1) is 11.6 Å². The number of alkyl halides is 1. The van der Waals surface area contributed by atoms with E-state index in [1.165, 1.54) is 0 Å². The van der Waals surface area contributed by atoms with E-state index in [2.05, 4.69) is 6.92 Å². The zero-order chi connectivity index (χ0) is 9.03. The Morgan fingerprint density at radius 2 is 2.17 bits per heavy atom. The van der Waals surface area contributed by atoms with Gasteiger partial charge in [0.2, 0.25) is 0 Å². The summed E-state index contributed by atoms with van der Waals surface area (Å²) in [6.45, 7) is 4.19. The molecule has 0 aromatic heterocycles. The van der Waals surface area contributed by atoms with Gasteiger partial charge in [0.05, 0.1) is 20.0 Å². The van der Waals surface area contributed by atoms with E-state index >= 15 is 0 Å². The molecule has 12 heavy (non-hydrogen) atoms. The number of esters is 1. The third-order valence-corrected chi connectivity index (χ3v) is 2.46. The Morgan fingerprint density at radius 1 is 1.50 bits per heavy atom. The Labute approximate surface area is 78.2 Å². The van der Waals surface area contributed by atoms with E-state index in [0.29, 0.717) is 6.61 Å². The molecule has 0 atom stereocenters. The van der Waals surface area contributed by atoms with E-state index in [1.54, 1.807) is 0 Å². The van der Waals surface area contributed by atoms with Crippen molar-refractivity contribution in [1.29, 1.82) is 0 Å². The van der Waals surface area contributed by atoms with E-state index in [4.69, 9.17) is 16.3 Å². The molecule has 68 valence electrons. The highest BCUT2D eigenvalue weighted by atomic mass is 35.5. The van der Waals surface area contributed by atoms with Crippen LogP contribution < -0.4 is 0 Å². The van der Waals surface area contributed by atoms with E-state index < -0.39 is 4.87 Å². The Bertz CT molecular complexity index is 164. The average Bonchev–Trinajstić information content (AvgIpc) is 2.78. The van der Waals surface area contributed by atoms with E-state index in [9.17, 15) is 4.79 Å². The van der Waals surface area contributed by atoms with Crippen molar-refractivity contribution in [2.45, 2.75) is 37.0 Å². The van der Waals surface area contributed by atoms with Gasteiger partial charge in [-0.2, -0.15) is 0 Å². The van der Waals surface area contributed by atoms with Gasteiger partial charge in [0.15, 0.2) is 0 Å². The fourth-order valence-corrected chi connectivity index (χ4v) is 1.04. The predicted molar refractivity (Wildman–Crippen MR) is 48.0 cm³/mol. The van der Waals surface area contributed by atoms with Crippen molar-refractivity contribution in [1.82, 2.24) is 0 Å². The van der Waals surface area contributed by atoms with Gasteiger partial charge in [0, 0.05) is 0 Å². The number of ether oxygens (including phenoxy) is 1. The number of hydrogen-bond donors (Lipinski definition) is 0. The lowest BCUT2D eigenvalue weighted by Gasteiger charge is -2.06. The van der Waals surface area contributed by atoms with Crippen LogP contribution in [-0.2, 0) is 9.53 Å². The number of carbonyl (C=O) groups excluding carboxylic acids is 1. The van der Waals surface area contributed by atoms with Crippen molar-refractivity contribution in [3.63, 3.8) is 0 Å². The predicted octanol–water partition coefficient (Wildman–Crippen LogP) is 2.31. The van der Waals surface area contributed by atoms with Crippen LogP contribution in [0.1, 0.15) is 32.1 Å². The summed E-state index contributed by atoms with van der Waals surface area (Å²) < 4.78 is 4.97. The Morgan fingerprint density at radius 3 is 2.67 bits per heavy atom. The molecule has 0 amide bonds. The highest BCUT2D eigenvalue weighted by Gasteiger charge is 2.49. The van der Waals surface area contributed by atoms with Gasteiger partial charge in [-0.1, -0.05) is 0 Å². The fraction of sp³-hybridized carbons (Fsp3) is 0.778. The quantitative estimate of drug-likeness (QED) is 0.287. The minimum absolute atomic E-state index is 0.242. The molecule has 0 bridgehead atoms. The first-order valence-electron chi connectivity index (χ1n) is 4.34. The molecule has 0 radical (unpaired) electrons. The lowest BCUT2D eigenvalue weighted by atomic mass is 10.3. The third-order valence-electron chi connectivity index (χ3n) is 1.93. The van der Waals surface area contributed by atoms with Crippen molar-refractivity contribution in [2.75, 3.05) is 6.61 Å². The van der Waals surface area contributed by atoms with Crippen LogP contribution in [0.4, 0.5) is 0 Å². The molecule has 0 saturated heterocycles. The molecule has 1 aliphatic carbocycles. The van der Waals surface area contributed by atoms with Gasteiger partial charge < -0.3 is 4.74 Å². The van der Waals surface area contributed by atoms with Crippen molar-refractivity contribution in [3.8, 4) is 0 Å². The van der Waals surface area contributed by atoms with E-state index in [-0.39, 0.29) is 5.97 Å². The molecule has 1 rings (SSSR count). The molecule has 3 heteroatoms. The van der Waals surface area contributed by atoms with Gasteiger partial charge in [0.25, 0.3) is 0 Å². The van der Waals surface area contributed by atoms with Crippen LogP contribution >= 0.6 is 11.6 Å². The van der Waals surface area contributed by atoms with Gasteiger partial charge in [-0.05, 0) is 25.7 Å². The molecule has 1 fully saturated rings. The highest BCUT2D eigenvalue weighted by molar-refractivity contribution is 6.36. The number of unbranched alkanes of at least 4 members (excludes halogenated alkanes) is 2. The molecule has 0 N–H and O–H groups in total. The summed E-state index contributed by atoms with van der Waals surface area (Å²) in [4.78, 5) is 10.5. The fourth-order valence-electron chi connectivity index (χ4n) is 0.887. The van der Waals surface area contributed by atoms with Crippen LogP contribution in [0, 0.1) is 6.92 Å². The summed E-state index contributed by atoms with van der Waals surface area (Å²) in [6.07, 6.45) is 4.32. The Balaban J connectivity index is 2.03. The maximum Gasteiger partial charge on any atom is 0.327 e. The summed E-state index contributed by atoms with van der Waals surface area (Å²) >= 11 is 5.82. The summed E-state index contributed by atoms with van der Waals surface area (Å²) in [5.74, 6) is -0.242. The smallest absolute Gasteiger partial charge is 0.327 e. The van der Waals surface area contributed by atoms with Crippen LogP contribution in [0.3, 0.4) is 0 Å². The zero-order valence-corrected chi connectivity index (χ0v) is 7.90. The molecule has 0 spiro atoms. The second-order valence-electron chi connectivity index (χ2n) is 3.16. The molecule has 0 aromatic carbocycles. The van der Waals surface area contributed by atoms with Crippen molar-refractivity contribution < 1.29 is 9.53 Å². The average molecular weight is 190 g/mol. The number of halogens is 1. The van der Waals surface area contributed by atoms with Gasteiger partial charge in [0.1, 0.15) is 4.87 Å². The molecular weight excluding hydrogens is 176 g/mol. The molecular formula is C9H14ClO2+. The number of carbonyl (C=O) groups is 1. The standard InChI is InChI=1S/C9H14ClO2/c1-2-3-4-7-12-8(11)9(10)5-6-9/h1-7H2/q+1. The van der Waals surface area contributed by atoms with Crippen LogP contribution in [0.15, 0.2) is 0 Å². The Kier molecular flexibility index (Phi) is 3.27. The highest BCUT2D eigenvalue weighted by Crippen LogP contribution is 2.43. The van der Waals surface area contributed by atoms with Gasteiger partial charge >= 0.3 is 5.97 Å². The lowest BCUT2D eigenvalue weighted by Crippen LogP contribution is -2.19. The van der Waals surface area contributed by atoms with Gasteiger partial charge in [-0.3, -0.25) is 4.79 Å². The largest absolute Gasteiger partial charge is 0.464 e. The SMILES string of the molecule is [CH2+]CCCCOC(=O)C1(Cl)CC1. The van der Waals surface area contributed by atoms with Crippen LogP contribution in [0.2, 0.25) is 0 Å². The topological polar surface area (TPSA) is 26.3 Å². The molecule has 1 aliphatic rings. The minimum atomic E-state index is -0.648. The van der Waals surface area contributed by atoms with Crippen molar-refractivity contribution in [2.24, 2.45) is 0 Å². The zero-order valence-electron chi connectivity index (χ0n) is 7.14. The third kappa shape index (κ3) is 2.59. The number of hydrogen-bond acceptors (Lipinski definition) is 2. The Hall–Kier alpha value is -0.370. The molecule has 0 unspecified atom stereocenters. The molecule has 0 heterocycles. The van der Waals surface area contributed by atoms with Gasteiger partial charge in [-0.25, -0.2) is 0 Å². The van der Waals surface area contributed by atoms with Crippen LogP contribution in [0.25, 0.3) is 0 Å². The lowest BCUT2D eigenvalue weighted by molar-refractivity contribution is -0.144. The van der Waals surface area contributed by atoms with Crippen molar-refractivity contribution in [3.05, 3.63) is 6.92 Å². The normalized spacial score (nSPS) is 18.8. The molecule has 1 saturated carbocycles. The summed E-state index contributed by atoms with van der Waals surface area (Å²) in [6, 6.07) is 0. The van der Waals surface area contributed by atoms with E-state index in [1.807, 2.05) is 0 Å². The second-order valence-corrected chi connectivity index (χ2v) is 3.89. The summed E-state index contributed by atoms with van der Waals surface area (Å²) in [5, 5.41) is 0. The first kappa shape index (κ1) is 9.72. The van der Waals surface area contributed by atoms with Crippen molar-refractivity contribution >= 4 is 17.6 Å². The second kappa shape index (κ2) is 4.04. The minimum Gasteiger partial charge on any atom is -0.464 e.